The first kappa shape index (κ1) is 26.0. The van der Waals surface area contributed by atoms with Crippen molar-refractivity contribution in [3.8, 4) is 22.4 Å². The molecule has 0 amide bonds. The molecule has 6 heteroatoms. The number of nitrogens with zero attached hydrogens (tertiary/aromatic N) is 1. The highest BCUT2D eigenvalue weighted by Crippen LogP contribution is 2.42. The molecule has 2 atom stereocenters. The van der Waals surface area contributed by atoms with Gasteiger partial charge in [-0.2, -0.15) is 0 Å². The van der Waals surface area contributed by atoms with Crippen molar-refractivity contribution in [3.05, 3.63) is 76.7 Å². The molecule has 0 aliphatic heterocycles. The zero-order valence-electron chi connectivity index (χ0n) is 20.8. The molecule has 0 radical (unpaired) electrons. The van der Waals surface area contributed by atoms with E-state index in [1.165, 1.54) is 17.7 Å². The molecular weight excluding hydrogens is 457 g/mol. The highest BCUT2D eigenvalue weighted by Gasteiger charge is 2.26. The molecule has 4 rings (SSSR count). The number of hydrogen-bond acceptors (Lipinski definition) is 5. The van der Waals surface area contributed by atoms with Crippen LogP contribution in [0.25, 0.3) is 22.4 Å². The van der Waals surface area contributed by atoms with Gasteiger partial charge in [-0.05, 0) is 84.4 Å². The number of aliphatic hydroxyl groups excluding tert-OH is 2. The van der Waals surface area contributed by atoms with Crippen LogP contribution in [0.4, 0.5) is 4.39 Å². The van der Waals surface area contributed by atoms with Gasteiger partial charge in [0.2, 0.25) is 0 Å². The number of aliphatic hydroxyl groups is 2. The Morgan fingerprint density at radius 2 is 1.78 bits per heavy atom. The normalized spacial score (nSPS) is 14.6. The lowest BCUT2D eigenvalue weighted by molar-refractivity contribution is -0.307. The summed E-state index contributed by atoms with van der Waals surface area (Å²) in [5.74, 6) is -1.53. The number of benzene rings is 2. The van der Waals surface area contributed by atoms with E-state index in [2.05, 4.69) is 32.0 Å². The summed E-state index contributed by atoms with van der Waals surface area (Å²) in [7, 11) is 0. The Labute approximate surface area is 211 Å². The van der Waals surface area contributed by atoms with Gasteiger partial charge in [0, 0.05) is 23.6 Å². The van der Waals surface area contributed by atoms with Crippen LogP contribution in [0.1, 0.15) is 67.8 Å². The topological polar surface area (TPSA) is 93.5 Å². The minimum atomic E-state index is -1.34. The van der Waals surface area contributed by atoms with Crippen LogP contribution in [0, 0.1) is 5.82 Å². The van der Waals surface area contributed by atoms with E-state index in [1.54, 1.807) is 12.1 Å². The van der Waals surface area contributed by atoms with E-state index in [9.17, 15) is 24.5 Å². The van der Waals surface area contributed by atoms with Crippen molar-refractivity contribution in [1.82, 2.24) is 4.98 Å². The van der Waals surface area contributed by atoms with Crippen LogP contribution in [-0.2, 0) is 24.1 Å². The summed E-state index contributed by atoms with van der Waals surface area (Å²) in [6, 6.07) is 14.9. The fraction of sp³-hybridized carbons (Fsp3) is 0.400. The molecular formula is C30H33FNO4-. The standard InChI is InChI=1S/C30H34FNO4/c1-18(2)29-26(15-14-22(33)16-23(34)17-27(35)36)28(20-10-12-21(31)13-11-20)25-9-5-7-19-6-3-4-8-24(19)30(25)32-29/h3-4,6,8,10-13,18,22-23,33-34H,5,7,9,14-17H2,1-2H3,(H,35,36)/p-1. The number of rotatable bonds is 9. The maximum atomic E-state index is 13.9. The largest absolute Gasteiger partial charge is 0.550 e. The van der Waals surface area contributed by atoms with E-state index in [0.717, 1.165) is 58.5 Å². The Balaban J connectivity index is 1.82. The minimum Gasteiger partial charge on any atom is -0.550 e. The number of aryl methyl sites for hydroxylation is 1. The Morgan fingerprint density at radius 1 is 1.06 bits per heavy atom. The van der Waals surface area contributed by atoms with E-state index in [1.807, 2.05) is 6.07 Å². The SMILES string of the molecule is CC(C)c1nc2c(c(-c3ccc(F)cc3)c1CCC(O)CC(O)CC(=O)[O-])CCCc1ccccc1-2. The number of aliphatic carboxylic acids is 1. The van der Waals surface area contributed by atoms with Gasteiger partial charge < -0.3 is 20.1 Å². The molecule has 0 saturated heterocycles. The van der Waals surface area contributed by atoms with E-state index >= 15 is 0 Å². The van der Waals surface area contributed by atoms with Gasteiger partial charge in [-0.3, -0.25) is 4.98 Å². The van der Waals surface area contributed by atoms with Gasteiger partial charge in [-0.15, -0.1) is 0 Å². The summed E-state index contributed by atoms with van der Waals surface area (Å²) in [5, 5.41) is 31.3. The molecule has 190 valence electrons. The molecule has 1 aliphatic carbocycles. The monoisotopic (exact) mass is 490 g/mol. The van der Waals surface area contributed by atoms with Gasteiger partial charge in [0.1, 0.15) is 5.82 Å². The van der Waals surface area contributed by atoms with E-state index in [0.29, 0.717) is 12.8 Å². The molecule has 2 N–H and O–H groups in total. The maximum absolute atomic E-state index is 13.9. The third-order valence-electron chi connectivity index (χ3n) is 6.93. The Kier molecular flexibility index (Phi) is 8.17. The van der Waals surface area contributed by atoms with Crippen molar-refractivity contribution in [2.24, 2.45) is 0 Å². The van der Waals surface area contributed by atoms with Gasteiger partial charge in [0.05, 0.1) is 17.9 Å². The number of aromatic nitrogens is 1. The molecule has 2 unspecified atom stereocenters. The van der Waals surface area contributed by atoms with Gasteiger partial charge in [-0.1, -0.05) is 50.2 Å². The van der Waals surface area contributed by atoms with E-state index in [-0.39, 0.29) is 18.2 Å². The molecule has 0 saturated carbocycles. The molecule has 2 aromatic carbocycles. The predicted octanol–water partition coefficient (Wildman–Crippen LogP) is 4.35. The number of hydrogen-bond donors (Lipinski definition) is 2. The summed E-state index contributed by atoms with van der Waals surface area (Å²) in [6.07, 6.45) is 1.03. The first-order valence-electron chi connectivity index (χ1n) is 12.7. The second kappa shape index (κ2) is 11.3. The minimum absolute atomic E-state index is 0.0391. The predicted molar refractivity (Wildman–Crippen MR) is 136 cm³/mol. The second-order valence-corrected chi connectivity index (χ2v) is 10.0. The first-order valence-corrected chi connectivity index (χ1v) is 12.7. The van der Waals surface area contributed by atoms with Crippen molar-refractivity contribution in [1.29, 1.82) is 0 Å². The van der Waals surface area contributed by atoms with Gasteiger partial charge in [0.25, 0.3) is 0 Å². The van der Waals surface area contributed by atoms with Crippen LogP contribution in [-0.4, -0.2) is 33.4 Å². The zero-order valence-corrected chi connectivity index (χ0v) is 20.8. The molecule has 1 heterocycles. The molecule has 1 aliphatic rings. The summed E-state index contributed by atoms with van der Waals surface area (Å²) in [5.41, 5.74) is 8.43. The Hall–Kier alpha value is -3.09. The van der Waals surface area contributed by atoms with Crippen LogP contribution in [0.3, 0.4) is 0 Å². The van der Waals surface area contributed by atoms with Crippen LogP contribution in [0.15, 0.2) is 48.5 Å². The van der Waals surface area contributed by atoms with Crippen LogP contribution < -0.4 is 5.11 Å². The number of carbonyl (C=O) groups excluding carboxylic acids is 1. The van der Waals surface area contributed by atoms with Crippen LogP contribution >= 0.6 is 0 Å². The number of pyridine rings is 1. The number of halogens is 1. The fourth-order valence-electron chi connectivity index (χ4n) is 5.29. The molecule has 5 nitrogen and oxygen atoms in total. The summed E-state index contributed by atoms with van der Waals surface area (Å²) < 4.78 is 13.9. The quantitative estimate of drug-likeness (QED) is 0.465. The van der Waals surface area contributed by atoms with E-state index < -0.39 is 24.6 Å². The van der Waals surface area contributed by atoms with Crippen molar-refractivity contribution >= 4 is 5.97 Å². The average molecular weight is 491 g/mol. The molecule has 3 aromatic rings. The zero-order chi connectivity index (χ0) is 25.8. The second-order valence-electron chi connectivity index (χ2n) is 10.0. The van der Waals surface area contributed by atoms with Crippen molar-refractivity contribution < 1.29 is 24.5 Å². The highest BCUT2D eigenvalue weighted by atomic mass is 19.1. The van der Waals surface area contributed by atoms with Crippen LogP contribution in [0.2, 0.25) is 0 Å². The lowest BCUT2D eigenvalue weighted by Gasteiger charge is -2.24. The average Bonchev–Trinajstić information content (AvgIpc) is 3.01. The molecule has 0 spiro atoms. The van der Waals surface area contributed by atoms with Crippen molar-refractivity contribution in [2.75, 3.05) is 0 Å². The third kappa shape index (κ3) is 5.82. The fourth-order valence-corrected chi connectivity index (χ4v) is 5.29. The lowest BCUT2D eigenvalue weighted by atomic mass is 9.84. The number of fused-ring (bicyclic) bond motifs is 3. The maximum Gasteiger partial charge on any atom is 0.123 e. The summed E-state index contributed by atoms with van der Waals surface area (Å²) >= 11 is 0. The van der Waals surface area contributed by atoms with Gasteiger partial charge >= 0.3 is 0 Å². The Bertz CT molecular complexity index is 1220. The van der Waals surface area contributed by atoms with Gasteiger partial charge in [0.15, 0.2) is 0 Å². The number of carbonyl (C=O) groups is 1. The van der Waals surface area contributed by atoms with Crippen molar-refractivity contribution in [3.63, 3.8) is 0 Å². The smallest absolute Gasteiger partial charge is 0.123 e. The van der Waals surface area contributed by atoms with Crippen molar-refractivity contribution in [2.45, 2.75) is 76.9 Å². The summed E-state index contributed by atoms with van der Waals surface area (Å²) in [6.45, 7) is 4.19. The molecule has 0 fully saturated rings. The highest BCUT2D eigenvalue weighted by molar-refractivity contribution is 5.81. The third-order valence-corrected chi connectivity index (χ3v) is 6.93. The lowest BCUT2D eigenvalue weighted by Crippen LogP contribution is -2.29. The summed E-state index contributed by atoms with van der Waals surface area (Å²) in [4.78, 5) is 16.0. The molecule has 0 bridgehead atoms. The molecule has 36 heavy (non-hydrogen) atoms. The number of carboxylic acids is 1. The number of carboxylic acid groups (broad SMARTS) is 1. The first-order chi connectivity index (χ1) is 17.2. The van der Waals surface area contributed by atoms with Crippen LogP contribution in [0.5, 0.6) is 0 Å². The van der Waals surface area contributed by atoms with E-state index in [4.69, 9.17) is 4.98 Å². The Morgan fingerprint density at radius 3 is 2.47 bits per heavy atom. The van der Waals surface area contributed by atoms with Gasteiger partial charge in [-0.25, -0.2) is 4.39 Å². The molecule has 1 aromatic heterocycles.